The van der Waals surface area contributed by atoms with Crippen molar-refractivity contribution in [3.8, 4) is 0 Å². The van der Waals surface area contributed by atoms with E-state index in [1.54, 1.807) is 12.1 Å². The molecule has 0 bridgehead atoms. The van der Waals surface area contributed by atoms with Gasteiger partial charge >= 0.3 is 0 Å². The molecular weight excluding hydrogens is 357 g/mol. The van der Waals surface area contributed by atoms with Crippen molar-refractivity contribution in [3.63, 3.8) is 0 Å². The molecule has 0 amide bonds. The molecule has 0 unspecified atom stereocenters. The van der Waals surface area contributed by atoms with Crippen LogP contribution in [0.4, 0.5) is 4.39 Å². The third-order valence-electron chi connectivity index (χ3n) is 3.49. The van der Waals surface area contributed by atoms with Gasteiger partial charge in [0.2, 0.25) is 0 Å². The number of hydrogen-bond acceptors (Lipinski definition) is 3. The molecule has 2 aromatic carbocycles. The molecule has 2 aromatic rings. The Bertz CT molecular complexity index is 711. The summed E-state index contributed by atoms with van der Waals surface area (Å²) < 4.78 is 13.9. The van der Waals surface area contributed by atoms with Crippen molar-refractivity contribution in [1.82, 2.24) is 15.8 Å². The zero-order valence-electron chi connectivity index (χ0n) is 12.5. The molecule has 3 nitrogen and oxygen atoms in total. The van der Waals surface area contributed by atoms with Gasteiger partial charge in [0, 0.05) is 18.9 Å². The van der Waals surface area contributed by atoms with E-state index in [9.17, 15) is 4.39 Å². The van der Waals surface area contributed by atoms with Crippen LogP contribution in [-0.2, 0) is 13.1 Å². The SMILES string of the molecule is Fc1ccc(CNC2=CNN(Cc3ccccc3)C=C2Br)cc1. The van der Waals surface area contributed by atoms with Crippen molar-refractivity contribution >= 4 is 15.9 Å². The largest absolute Gasteiger partial charge is 0.379 e. The first-order valence-corrected chi connectivity index (χ1v) is 8.13. The van der Waals surface area contributed by atoms with E-state index in [0.29, 0.717) is 6.54 Å². The maximum Gasteiger partial charge on any atom is 0.123 e. The van der Waals surface area contributed by atoms with Gasteiger partial charge in [0.1, 0.15) is 5.82 Å². The third kappa shape index (κ3) is 4.36. The molecule has 0 atom stereocenters. The Morgan fingerprint density at radius 2 is 1.74 bits per heavy atom. The first kappa shape index (κ1) is 15.6. The van der Waals surface area contributed by atoms with E-state index in [4.69, 9.17) is 0 Å². The van der Waals surface area contributed by atoms with Crippen LogP contribution in [0.5, 0.6) is 0 Å². The Labute approximate surface area is 143 Å². The predicted octanol–water partition coefficient (Wildman–Crippen LogP) is 4.01. The highest BCUT2D eigenvalue weighted by Gasteiger charge is 2.11. The van der Waals surface area contributed by atoms with Crippen LogP contribution in [0.25, 0.3) is 0 Å². The fourth-order valence-electron chi connectivity index (χ4n) is 2.27. The van der Waals surface area contributed by atoms with Gasteiger partial charge in [0.05, 0.1) is 16.7 Å². The molecule has 1 heterocycles. The van der Waals surface area contributed by atoms with Crippen LogP contribution in [0.1, 0.15) is 11.1 Å². The molecule has 2 N–H and O–H groups in total. The second kappa shape index (κ2) is 7.33. The Balaban J connectivity index is 1.56. The maximum atomic E-state index is 12.9. The Morgan fingerprint density at radius 3 is 2.43 bits per heavy atom. The molecule has 3 rings (SSSR count). The molecule has 1 aliphatic heterocycles. The summed E-state index contributed by atoms with van der Waals surface area (Å²) in [5, 5.41) is 5.33. The predicted molar refractivity (Wildman–Crippen MR) is 93.5 cm³/mol. The topological polar surface area (TPSA) is 27.3 Å². The number of nitrogens with zero attached hydrogens (tertiary/aromatic N) is 1. The van der Waals surface area contributed by atoms with E-state index in [0.717, 1.165) is 22.3 Å². The average Bonchev–Trinajstić information content (AvgIpc) is 2.57. The standard InChI is InChI=1S/C18H17BrFN3/c19-17-13-23(12-15-4-2-1-3-5-15)22-11-18(17)21-10-14-6-8-16(20)9-7-14/h1-9,11,13,21-22H,10,12H2. The van der Waals surface area contributed by atoms with Gasteiger partial charge in [-0.25, -0.2) is 4.39 Å². The van der Waals surface area contributed by atoms with Crippen molar-refractivity contribution in [2.45, 2.75) is 13.1 Å². The van der Waals surface area contributed by atoms with E-state index in [2.05, 4.69) is 38.8 Å². The minimum Gasteiger partial charge on any atom is -0.379 e. The quantitative estimate of drug-likeness (QED) is 0.828. The number of hydrogen-bond donors (Lipinski definition) is 2. The van der Waals surface area contributed by atoms with Gasteiger partial charge in [-0.15, -0.1) is 0 Å². The van der Waals surface area contributed by atoms with Crippen molar-refractivity contribution in [2.75, 3.05) is 0 Å². The van der Waals surface area contributed by atoms with E-state index in [-0.39, 0.29) is 5.82 Å². The smallest absolute Gasteiger partial charge is 0.123 e. The molecule has 5 heteroatoms. The number of benzene rings is 2. The number of allylic oxidation sites excluding steroid dienone is 1. The maximum absolute atomic E-state index is 12.9. The Morgan fingerprint density at radius 1 is 1.00 bits per heavy atom. The molecular formula is C18H17BrFN3. The molecule has 0 radical (unpaired) electrons. The molecule has 0 fully saturated rings. The lowest BCUT2D eigenvalue weighted by molar-refractivity contribution is 0.300. The van der Waals surface area contributed by atoms with E-state index in [1.165, 1.54) is 17.7 Å². The van der Waals surface area contributed by atoms with Crippen molar-refractivity contribution in [2.24, 2.45) is 0 Å². The molecule has 0 aliphatic carbocycles. The van der Waals surface area contributed by atoms with Gasteiger partial charge in [-0.3, -0.25) is 5.01 Å². The second-order valence-electron chi connectivity index (χ2n) is 5.26. The second-order valence-corrected chi connectivity index (χ2v) is 6.11. The van der Waals surface area contributed by atoms with E-state index >= 15 is 0 Å². The van der Waals surface area contributed by atoms with Crippen LogP contribution in [0.3, 0.4) is 0 Å². The summed E-state index contributed by atoms with van der Waals surface area (Å²) in [5.41, 5.74) is 6.45. The highest BCUT2D eigenvalue weighted by Crippen LogP contribution is 2.20. The van der Waals surface area contributed by atoms with Crippen LogP contribution < -0.4 is 10.7 Å². The molecule has 23 heavy (non-hydrogen) atoms. The van der Waals surface area contributed by atoms with Gasteiger partial charge in [-0.1, -0.05) is 42.5 Å². The molecule has 0 aromatic heterocycles. The molecule has 118 valence electrons. The van der Waals surface area contributed by atoms with Crippen LogP contribution in [0.2, 0.25) is 0 Å². The summed E-state index contributed by atoms with van der Waals surface area (Å²) in [6.45, 7) is 1.41. The summed E-state index contributed by atoms with van der Waals surface area (Å²) in [4.78, 5) is 0. The van der Waals surface area contributed by atoms with Crippen molar-refractivity contribution < 1.29 is 4.39 Å². The molecule has 0 saturated carbocycles. The molecule has 1 aliphatic rings. The first-order valence-electron chi connectivity index (χ1n) is 7.33. The summed E-state index contributed by atoms with van der Waals surface area (Å²) in [6, 6.07) is 16.7. The minimum atomic E-state index is -0.218. The summed E-state index contributed by atoms with van der Waals surface area (Å²) in [6.07, 6.45) is 3.91. The fraction of sp³-hybridized carbons (Fsp3) is 0.111. The number of halogens is 2. The zero-order valence-corrected chi connectivity index (χ0v) is 14.1. The lowest BCUT2D eigenvalue weighted by atomic mass is 10.2. The van der Waals surface area contributed by atoms with Crippen LogP contribution in [0.15, 0.2) is 77.2 Å². The van der Waals surface area contributed by atoms with Crippen molar-refractivity contribution in [1.29, 1.82) is 0 Å². The highest BCUT2D eigenvalue weighted by molar-refractivity contribution is 9.12. The third-order valence-corrected chi connectivity index (χ3v) is 4.13. The normalized spacial score (nSPS) is 13.9. The van der Waals surface area contributed by atoms with Crippen LogP contribution >= 0.6 is 15.9 Å². The molecule has 0 spiro atoms. The Kier molecular flexibility index (Phi) is 4.98. The summed E-state index contributed by atoms with van der Waals surface area (Å²) in [7, 11) is 0. The van der Waals surface area contributed by atoms with Gasteiger partial charge in [0.15, 0.2) is 0 Å². The number of hydrazine groups is 1. The Hall–Kier alpha value is -2.27. The van der Waals surface area contributed by atoms with Crippen LogP contribution in [0, 0.1) is 5.82 Å². The van der Waals surface area contributed by atoms with Gasteiger partial charge < -0.3 is 10.7 Å². The van der Waals surface area contributed by atoms with E-state index < -0.39 is 0 Å². The highest BCUT2D eigenvalue weighted by atomic mass is 79.9. The average molecular weight is 374 g/mol. The first-order chi connectivity index (χ1) is 11.2. The lowest BCUT2D eigenvalue weighted by Gasteiger charge is -2.26. The monoisotopic (exact) mass is 373 g/mol. The number of nitrogens with one attached hydrogen (secondary N) is 2. The fourth-order valence-corrected chi connectivity index (χ4v) is 2.77. The summed E-state index contributed by atoms with van der Waals surface area (Å²) in [5.74, 6) is -0.218. The van der Waals surface area contributed by atoms with E-state index in [1.807, 2.05) is 35.6 Å². The number of rotatable bonds is 5. The molecule has 0 saturated heterocycles. The minimum absolute atomic E-state index is 0.218. The van der Waals surface area contributed by atoms with Gasteiger partial charge in [-0.05, 0) is 39.2 Å². The van der Waals surface area contributed by atoms with Crippen molar-refractivity contribution in [3.05, 3.63) is 94.1 Å². The lowest BCUT2D eigenvalue weighted by Crippen LogP contribution is -2.33. The van der Waals surface area contributed by atoms with Gasteiger partial charge in [0.25, 0.3) is 0 Å². The summed E-state index contributed by atoms with van der Waals surface area (Å²) >= 11 is 3.58. The van der Waals surface area contributed by atoms with Gasteiger partial charge in [-0.2, -0.15) is 0 Å². The zero-order chi connectivity index (χ0) is 16.1. The van der Waals surface area contributed by atoms with Crippen LogP contribution in [-0.4, -0.2) is 5.01 Å².